The molecule has 3 N–H and O–H groups in total. The van der Waals surface area contributed by atoms with Crippen molar-refractivity contribution in [3.05, 3.63) is 60.1 Å². The summed E-state index contributed by atoms with van der Waals surface area (Å²) in [5, 5.41) is 2.70. The maximum Gasteiger partial charge on any atom is 0.287 e. The SMILES string of the molecule is CC(C)N(CC(N)=O)C(=O)C(Cc1ccccc1)NC(=O)c1ccco1. The Kier molecular flexibility index (Phi) is 6.54. The van der Waals surface area contributed by atoms with E-state index in [-0.39, 0.29) is 30.7 Å². The van der Waals surface area contributed by atoms with Crippen molar-refractivity contribution < 1.29 is 18.8 Å². The molecule has 1 aromatic heterocycles. The van der Waals surface area contributed by atoms with E-state index in [0.717, 1.165) is 5.56 Å². The highest BCUT2D eigenvalue weighted by Crippen LogP contribution is 2.10. The molecule has 1 heterocycles. The first-order chi connectivity index (χ1) is 12.4. The summed E-state index contributed by atoms with van der Waals surface area (Å²) in [7, 11) is 0. The number of nitrogens with one attached hydrogen (secondary N) is 1. The molecule has 0 saturated carbocycles. The van der Waals surface area contributed by atoms with Crippen LogP contribution in [0.15, 0.2) is 53.1 Å². The van der Waals surface area contributed by atoms with Crippen molar-refractivity contribution in [3.63, 3.8) is 0 Å². The maximum atomic E-state index is 13.0. The van der Waals surface area contributed by atoms with Gasteiger partial charge in [-0.3, -0.25) is 14.4 Å². The fraction of sp³-hybridized carbons (Fsp3) is 0.316. The standard InChI is InChI=1S/C19H23N3O4/c1-13(2)22(12-17(20)23)19(25)15(11-14-7-4-3-5-8-14)21-18(24)16-9-6-10-26-16/h3-10,13,15H,11-12H2,1-2H3,(H2,20,23)(H,21,24). The first-order valence-corrected chi connectivity index (χ1v) is 8.35. The topological polar surface area (TPSA) is 106 Å². The number of amides is 3. The molecule has 0 aliphatic carbocycles. The van der Waals surface area contributed by atoms with E-state index < -0.39 is 17.9 Å². The summed E-state index contributed by atoms with van der Waals surface area (Å²) in [5.74, 6) is -1.36. The monoisotopic (exact) mass is 357 g/mol. The molecule has 138 valence electrons. The number of hydrogen-bond donors (Lipinski definition) is 2. The lowest BCUT2D eigenvalue weighted by molar-refractivity contribution is -0.138. The summed E-state index contributed by atoms with van der Waals surface area (Å²) in [4.78, 5) is 38.1. The number of nitrogens with two attached hydrogens (primary N) is 1. The predicted molar refractivity (Wildman–Crippen MR) is 96.2 cm³/mol. The van der Waals surface area contributed by atoms with Crippen LogP contribution in [0.5, 0.6) is 0 Å². The number of nitrogens with zero attached hydrogens (tertiary/aromatic N) is 1. The molecule has 1 aromatic carbocycles. The van der Waals surface area contributed by atoms with E-state index in [4.69, 9.17) is 10.2 Å². The van der Waals surface area contributed by atoms with Gasteiger partial charge in [-0.2, -0.15) is 0 Å². The highest BCUT2D eigenvalue weighted by molar-refractivity contribution is 5.96. The highest BCUT2D eigenvalue weighted by atomic mass is 16.3. The summed E-state index contributed by atoms with van der Waals surface area (Å²) in [5.41, 5.74) is 6.15. The van der Waals surface area contributed by atoms with E-state index in [2.05, 4.69) is 5.32 Å². The van der Waals surface area contributed by atoms with Crippen molar-refractivity contribution in [3.8, 4) is 0 Å². The number of carbonyl (C=O) groups is 3. The number of carbonyl (C=O) groups excluding carboxylic acids is 3. The average molecular weight is 357 g/mol. The van der Waals surface area contributed by atoms with E-state index in [1.165, 1.54) is 17.2 Å². The number of furan rings is 1. The summed E-state index contributed by atoms with van der Waals surface area (Å²) in [6.45, 7) is 3.36. The Balaban J connectivity index is 2.24. The van der Waals surface area contributed by atoms with Gasteiger partial charge in [0.15, 0.2) is 5.76 Å². The Hall–Kier alpha value is -3.09. The molecule has 0 saturated heterocycles. The fourth-order valence-corrected chi connectivity index (χ4v) is 2.57. The van der Waals surface area contributed by atoms with Crippen LogP contribution >= 0.6 is 0 Å². The van der Waals surface area contributed by atoms with Gasteiger partial charge in [0.05, 0.1) is 12.8 Å². The van der Waals surface area contributed by atoms with Crippen LogP contribution in [0.2, 0.25) is 0 Å². The first kappa shape index (κ1) is 19.2. The molecule has 1 atom stereocenters. The van der Waals surface area contributed by atoms with Gasteiger partial charge in [0.2, 0.25) is 11.8 Å². The zero-order chi connectivity index (χ0) is 19.1. The van der Waals surface area contributed by atoms with Gasteiger partial charge >= 0.3 is 0 Å². The minimum atomic E-state index is -0.850. The molecule has 26 heavy (non-hydrogen) atoms. The van der Waals surface area contributed by atoms with Crippen molar-refractivity contribution >= 4 is 17.7 Å². The van der Waals surface area contributed by atoms with E-state index in [9.17, 15) is 14.4 Å². The van der Waals surface area contributed by atoms with E-state index >= 15 is 0 Å². The lowest BCUT2D eigenvalue weighted by atomic mass is 10.0. The second-order valence-electron chi connectivity index (χ2n) is 6.22. The Bertz CT molecular complexity index is 741. The van der Waals surface area contributed by atoms with Crippen LogP contribution in [0.4, 0.5) is 0 Å². The minimum absolute atomic E-state index is 0.113. The van der Waals surface area contributed by atoms with Crippen LogP contribution in [-0.2, 0) is 16.0 Å². The van der Waals surface area contributed by atoms with Crippen LogP contribution in [-0.4, -0.2) is 41.2 Å². The Labute approximate surface area is 152 Å². The van der Waals surface area contributed by atoms with Crippen LogP contribution < -0.4 is 11.1 Å². The molecule has 2 rings (SSSR count). The molecule has 0 fully saturated rings. The van der Waals surface area contributed by atoms with E-state index in [0.29, 0.717) is 0 Å². The Morgan fingerprint density at radius 3 is 2.35 bits per heavy atom. The molecule has 7 heteroatoms. The quantitative estimate of drug-likeness (QED) is 0.744. The van der Waals surface area contributed by atoms with Crippen LogP contribution in [0.25, 0.3) is 0 Å². The third-order valence-corrected chi connectivity index (χ3v) is 3.86. The molecule has 0 aliphatic rings. The summed E-state index contributed by atoms with van der Waals surface area (Å²) in [6, 6.07) is 11.3. The number of primary amides is 1. The maximum absolute atomic E-state index is 13.0. The molecular formula is C19H23N3O4. The molecule has 7 nitrogen and oxygen atoms in total. The lowest BCUT2D eigenvalue weighted by Crippen LogP contribution is -2.53. The lowest BCUT2D eigenvalue weighted by Gasteiger charge is -2.30. The van der Waals surface area contributed by atoms with E-state index in [1.54, 1.807) is 19.9 Å². The minimum Gasteiger partial charge on any atom is -0.459 e. The van der Waals surface area contributed by atoms with Gasteiger partial charge in [-0.1, -0.05) is 30.3 Å². The molecule has 1 unspecified atom stereocenters. The summed E-state index contributed by atoms with van der Waals surface area (Å²) < 4.78 is 5.09. The number of benzene rings is 1. The molecule has 0 radical (unpaired) electrons. The largest absolute Gasteiger partial charge is 0.459 e. The van der Waals surface area contributed by atoms with Crippen molar-refractivity contribution in [1.82, 2.24) is 10.2 Å². The highest BCUT2D eigenvalue weighted by Gasteiger charge is 2.29. The molecule has 2 aromatic rings. The Morgan fingerprint density at radius 1 is 1.12 bits per heavy atom. The van der Waals surface area contributed by atoms with Crippen LogP contribution in [0.3, 0.4) is 0 Å². The molecule has 0 bridgehead atoms. The molecular weight excluding hydrogens is 334 g/mol. The van der Waals surface area contributed by atoms with Gasteiger partial charge < -0.3 is 20.4 Å². The summed E-state index contributed by atoms with van der Waals surface area (Å²) >= 11 is 0. The van der Waals surface area contributed by atoms with E-state index in [1.807, 2.05) is 30.3 Å². The Morgan fingerprint density at radius 2 is 1.81 bits per heavy atom. The van der Waals surface area contributed by atoms with Crippen LogP contribution in [0.1, 0.15) is 30.0 Å². The van der Waals surface area contributed by atoms with Crippen molar-refractivity contribution in [2.45, 2.75) is 32.4 Å². The fourth-order valence-electron chi connectivity index (χ4n) is 2.57. The van der Waals surface area contributed by atoms with Gasteiger partial charge in [0.25, 0.3) is 5.91 Å². The van der Waals surface area contributed by atoms with Crippen molar-refractivity contribution in [1.29, 1.82) is 0 Å². The molecule has 3 amide bonds. The van der Waals surface area contributed by atoms with Gasteiger partial charge in [-0.25, -0.2) is 0 Å². The predicted octanol–water partition coefficient (Wildman–Crippen LogP) is 1.34. The third kappa shape index (κ3) is 5.20. The van der Waals surface area contributed by atoms with Gasteiger partial charge in [0.1, 0.15) is 6.04 Å². The average Bonchev–Trinajstić information content (AvgIpc) is 3.14. The zero-order valence-corrected chi connectivity index (χ0v) is 14.8. The first-order valence-electron chi connectivity index (χ1n) is 8.35. The second kappa shape index (κ2) is 8.84. The van der Waals surface area contributed by atoms with Gasteiger partial charge in [0, 0.05) is 12.5 Å². The number of hydrogen-bond acceptors (Lipinski definition) is 4. The van der Waals surface area contributed by atoms with Crippen LogP contribution in [0, 0.1) is 0 Å². The van der Waals surface area contributed by atoms with Crippen molar-refractivity contribution in [2.75, 3.05) is 6.54 Å². The molecule has 0 spiro atoms. The molecule has 0 aliphatic heterocycles. The van der Waals surface area contributed by atoms with Gasteiger partial charge in [-0.15, -0.1) is 0 Å². The van der Waals surface area contributed by atoms with Gasteiger partial charge in [-0.05, 0) is 31.5 Å². The zero-order valence-electron chi connectivity index (χ0n) is 14.8. The smallest absolute Gasteiger partial charge is 0.287 e. The normalized spacial score (nSPS) is 11.8. The number of rotatable bonds is 8. The summed E-state index contributed by atoms with van der Waals surface area (Å²) in [6.07, 6.45) is 1.67. The third-order valence-electron chi connectivity index (χ3n) is 3.86. The second-order valence-corrected chi connectivity index (χ2v) is 6.22. The van der Waals surface area contributed by atoms with Crippen molar-refractivity contribution in [2.24, 2.45) is 5.73 Å².